The van der Waals surface area contributed by atoms with Crippen LogP contribution in [0.5, 0.6) is 5.88 Å². The van der Waals surface area contributed by atoms with Crippen molar-refractivity contribution in [1.82, 2.24) is 10.3 Å². The van der Waals surface area contributed by atoms with Crippen LogP contribution in [-0.4, -0.2) is 28.5 Å². The van der Waals surface area contributed by atoms with Crippen LogP contribution in [0.1, 0.15) is 62.8 Å². The second-order valence-electron chi connectivity index (χ2n) is 9.97. The van der Waals surface area contributed by atoms with E-state index in [-0.39, 0.29) is 22.0 Å². The number of fused-ring (bicyclic) bond motifs is 1. The maximum absolute atomic E-state index is 12.0. The molecule has 1 atom stereocenters. The summed E-state index contributed by atoms with van der Waals surface area (Å²) < 4.78 is 5.61. The highest BCUT2D eigenvalue weighted by atomic mass is 32.2. The van der Waals surface area contributed by atoms with Crippen molar-refractivity contribution in [3.8, 4) is 17.0 Å². The average molecular weight is 439 g/mol. The normalized spacial score (nSPS) is 21.5. The van der Waals surface area contributed by atoms with E-state index in [4.69, 9.17) is 4.74 Å². The van der Waals surface area contributed by atoms with Gasteiger partial charge in [-0.05, 0) is 77.0 Å². The van der Waals surface area contributed by atoms with Gasteiger partial charge in [0.15, 0.2) is 0 Å². The fourth-order valence-electron chi connectivity index (χ4n) is 4.72. The highest BCUT2D eigenvalue weighted by Crippen LogP contribution is 2.48. The fourth-order valence-corrected chi connectivity index (χ4v) is 5.58. The molecule has 1 fully saturated rings. The van der Waals surface area contributed by atoms with Gasteiger partial charge in [-0.3, -0.25) is 14.9 Å². The molecule has 2 heterocycles. The maximum atomic E-state index is 12.0. The van der Waals surface area contributed by atoms with Gasteiger partial charge < -0.3 is 4.74 Å². The second kappa shape index (κ2) is 7.66. The molecule has 1 saturated heterocycles. The van der Waals surface area contributed by atoms with Crippen LogP contribution >= 0.6 is 11.8 Å². The van der Waals surface area contributed by atoms with Gasteiger partial charge in [0.25, 0.3) is 5.24 Å². The highest BCUT2D eigenvalue weighted by molar-refractivity contribution is 8.15. The minimum absolute atomic E-state index is 0.102. The first-order valence-electron chi connectivity index (χ1n) is 10.7. The van der Waals surface area contributed by atoms with E-state index in [0.717, 1.165) is 34.9 Å². The Bertz CT molecular complexity index is 1070. The van der Waals surface area contributed by atoms with E-state index < -0.39 is 5.25 Å². The number of nitrogens with one attached hydrogen (secondary N) is 1. The summed E-state index contributed by atoms with van der Waals surface area (Å²) in [6.45, 7) is 11.4. The van der Waals surface area contributed by atoms with E-state index in [1.54, 1.807) is 13.3 Å². The molecule has 0 spiro atoms. The highest BCUT2D eigenvalue weighted by Gasteiger charge is 2.38. The molecule has 6 heteroatoms. The van der Waals surface area contributed by atoms with Crippen molar-refractivity contribution in [2.45, 2.75) is 70.0 Å². The number of methoxy groups -OCH3 is 1. The fraction of sp³-hybridized carbons (Fsp3) is 0.480. The zero-order valence-corrected chi connectivity index (χ0v) is 19.9. The summed E-state index contributed by atoms with van der Waals surface area (Å²) >= 11 is 1.04. The number of aromatic nitrogens is 1. The molecular formula is C25H30N2O3S. The second-order valence-corrected chi connectivity index (χ2v) is 11.1. The first-order chi connectivity index (χ1) is 14.5. The number of nitrogens with zero attached hydrogens (tertiary/aromatic N) is 1. The minimum Gasteiger partial charge on any atom is -0.481 e. The molecule has 0 radical (unpaired) electrons. The first-order valence-corrected chi connectivity index (χ1v) is 11.6. The zero-order valence-electron chi connectivity index (χ0n) is 19.1. The molecule has 1 aliphatic heterocycles. The lowest BCUT2D eigenvalue weighted by molar-refractivity contribution is -0.118. The van der Waals surface area contributed by atoms with Gasteiger partial charge in [-0.15, -0.1) is 0 Å². The topological polar surface area (TPSA) is 68.3 Å². The maximum Gasteiger partial charge on any atom is 0.286 e. The number of aryl methyl sites for hydroxylation is 1. The Balaban J connectivity index is 1.80. The SMILES string of the molecule is COc1ncc(CC2SC(=O)NC2=O)cc1-c1cc2c(cc1C)C(C)(C)CCC2(C)C. The van der Waals surface area contributed by atoms with Gasteiger partial charge in [-0.1, -0.05) is 45.5 Å². The molecule has 1 aromatic heterocycles. The summed E-state index contributed by atoms with van der Waals surface area (Å²) in [5, 5.41) is 1.65. The number of thioether (sulfide) groups is 1. The molecule has 1 aliphatic carbocycles. The molecule has 4 rings (SSSR count). The van der Waals surface area contributed by atoms with Gasteiger partial charge in [0.05, 0.1) is 12.4 Å². The molecule has 5 nitrogen and oxygen atoms in total. The van der Waals surface area contributed by atoms with Crippen molar-refractivity contribution in [3.05, 3.63) is 46.6 Å². The molecule has 164 valence electrons. The molecule has 0 bridgehead atoms. The quantitative estimate of drug-likeness (QED) is 0.701. The van der Waals surface area contributed by atoms with Crippen molar-refractivity contribution in [1.29, 1.82) is 0 Å². The van der Waals surface area contributed by atoms with Gasteiger partial charge in [0.2, 0.25) is 11.8 Å². The molecule has 31 heavy (non-hydrogen) atoms. The Hall–Kier alpha value is -2.34. The Morgan fingerprint density at radius 1 is 1.06 bits per heavy atom. The molecule has 1 aromatic carbocycles. The van der Waals surface area contributed by atoms with Gasteiger partial charge in [0, 0.05) is 11.8 Å². The van der Waals surface area contributed by atoms with E-state index in [2.05, 4.69) is 63.1 Å². The van der Waals surface area contributed by atoms with E-state index in [1.165, 1.54) is 23.1 Å². The van der Waals surface area contributed by atoms with Crippen LogP contribution in [0.3, 0.4) is 0 Å². The average Bonchev–Trinajstić information content (AvgIpc) is 3.02. The first kappa shape index (κ1) is 21.9. The lowest BCUT2D eigenvalue weighted by Gasteiger charge is -2.42. The van der Waals surface area contributed by atoms with Crippen LogP contribution < -0.4 is 10.1 Å². The van der Waals surface area contributed by atoms with E-state index >= 15 is 0 Å². The number of ether oxygens (including phenoxy) is 1. The Morgan fingerprint density at radius 3 is 2.29 bits per heavy atom. The molecular weight excluding hydrogens is 408 g/mol. The molecule has 0 saturated carbocycles. The standard InChI is InChI=1S/C25H30N2O3S/c1-14-9-18-19(25(4,5)8-7-24(18,2)3)12-16(14)17-10-15(13-26-22(17)30-6)11-20-21(28)27-23(29)31-20/h9-10,12-13,20H,7-8,11H2,1-6H3,(H,27,28,29). The predicted molar refractivity (Wildman–Crippen MR) is 125 cm³/mol. The van der Waals surface area contributed by atoms with E-state index in [1.807, 2.05) is 0 Å². The minimum atomic E-state index is -0.417. The number of rotatable bonds is 4. The number of benzene rings is 1. The van der Waals surface area contributed by atoms with E-state index in [9.17, 15) is 9.59 Å². The lowest BCUT2D eigenvalue weighted by atomic mass is 9.62. The van der Waals surface area contributed by atoms with Crippen LogP contribution in [0.4, 0.5) is 4.79 Å². The monoisotopic (exact) mass is 438 g/mol. The molecule has 1 unspecified atom stereocenters. The summed E-state index contributed by atoms with van der Waals surface area (Å²) in [4.78, 5) is 28.1. The predicted octanol–water partition coefficient (Wildman–Crippen LogP) is 5.31. The molecule has 2 aliphatic rings. The third-order valence-electron chi connectivity index (χ3n) is 6.78. The van der Waals surface area contributed by atoms with Crippen molar-refractivity contribution in [2.24, 2.45) is 0 Å². The van der Waals surface area contributed by atoms with Gasteiger partial charge >= 0.3 is 0 Å². The molecule has 2 amide bonds. The van der Waals surface area contributed by atoms with Crippen LogP contribution in [-0.2, 0) is 22.0 Å². The van der Waals surface area contributed by atoms with Crippen LogP contribution in [0.2, 0.25) is 0 Å². The number of carbonyl (C=O) groups excluding carboxylic acids is 2. The summed E-state index contributed by atoms with van der Waals surface area (Å²) in [6.07, 6.45) is 4.51. The molecule has 1 N–H and O–H groups in total. The summed E-state index contributed by atoms with van der Waals surface area (Å²) in [5.74, 6) is 0.334. The molecule has 2 aromatic rings. The Kier molecular flexibility index (Phi) is 5.41. The third kappa shape index (κ3) is 3.98. The van der Waals surface area contributed by atoms with Crippen molar-refractivity contribution >= 4 is 22.9 Å². The van der Waals surface area contributed by atoms with Gasteiger partial charge in [-0.25, -0.2) is 4.98 Å². The number of hydrogen-bond donors (Lipinski definition) is 1. The number of amides is 2. The Morgan fingerprint density at radius 2 is 1.71 bits per heavy atom. The van der Waals surface area contributed by atoms with Crippen molar-refractivity contribution < 1.29 is 14.3 Å². The summed E-state index contributed by atoms with van der Waals surface area (Å²) in [7, 11) is 1.63. The number of imide groups is 1. The summed E-state index contributed by atoms with van der Waals surface area (Å²) in [6, 6.07) is 6.70. The van der Waals surface area contributed by atoms with Crippen LogP contribution in [0.25, 0.3) is 11.1 Å². The smallest absolute Gasteiger partial charge is 0.286 e. The number of carbonyl (C=O) groups is 2. The zero-order chi connectivity index (χ0) is 22.6. The van der Waals surface area contributed by atoms with Crippen molar-refractivity contribution in [3.63, 3.8) is 0 Å². The third-order valence-corrected chi connectivity index (χ3v) is 7.76. The van der Waals surface area contributed by atoms with E-state index in [0.29, 0.717) is 12.3 Å². The van der Waals surface area contributed by atoms with Crippen LogP contribution in [0.15, 0.2) is 24.4 Å². The number of hydrogen-bond acceptors (Lipinski definition) is 5. The van der Waals surface area contributed by atoms with Crippen molar-refractivity contribution in [2.75, 3.05) is 7.11 Å². The summed E-state index contributed by atoms with van der Waals surface area (Å²) in [5.41, 5.74) is 7.19. The lowest BCUT2D eigenvalue weighted by Crippen LogP contribution is -2.34. The number of pyridine rings is 1. The largest absolute Gasteiger partial charge is 0.481 e. The van der Waals surface area contributed by atoms with Crippen LogP contribution in [0, 0.1) is 6.92 Å². The van der Waals surface area contributed by atoms with Gasteiger partial charge in [-0.2, -0.15) is 0 Å². The van der Waals surface area contributed by atoms with Gasteiger partial charge in [0.1, 0.15) is 0 Å². The Labute approximate surface area is 188 Å².